The van der Waals surface area contributed by atoms with E-state index >= 15 is 0 Å². The largest absolute Gasteiger partial charge is 0.341 e. The van der Waals surface area contributed by atoms with Gasteiger partial charge in [0.05, 0.1) is 47.1 Å². The van der Waals surface area contributed by atoms with E-state index < -0.39 is 0 Å². The van der Waals surface area contributed by atoms with Crippen molar-refractivity contribution in [2.24, 2.45) is 11.8 Å². The molecular formula is C32H33N7. The zero-order chi connectivity index (χ0) is 26.1. The van der Waals surface area contributed by atoms with E-state index in [1.165, 1.54) is 24.0 Å². The number of H-pyrrole nitrogens is 2. The van der Waals surface area contributed by atoms with Gasteiger partial charge < -0.3 is 20.6 Å². The number of hydrogen-bond acceptors (Lipinski definition) is 5. The summed E-state index contributed by atoms with van der Waals surface area (Å²) in [6, 6.07) is 21.3. The van der Waals surface area contributed by atoms with Gasteiger partial charge in [0.15, 0.2) is 0 Å². The van der Waals surface area contributed by atoms with Crippen LogP contribution in [0.15, 0.2) is 67.0 Å². The lowest BCUT2D eigenvalue weighted by molar-refractivity contribution is 0.516. The highest BCUT2D eigenvalue weighted by Gasteiger charge is 2.46. The molecule has 2 aromatic carbocycles. The maximum Gasteiger partial charge on any atom is 0.123 e. The van der Waals surface area contributed by atoms with Gasteiger partial charge in [-0.15, -0.1) is 0 Å². The molecule has 0 spiro atoms. The van der Waals surface area contributed by atoms with Crippen LogP contribution in [0.1, 0.15) is 56.8 Å². The molecule has 1 saturated carbocycles. The van der Waals surface area contributed by atoms with Crippen LogP contribution in [-0.4, -0.2) is 37.0 Å². The summed E-state index contributed by atoms with van der Waals surface area (Å²) in [5.41, 5.74) is 7.46. The Balaban J connectivity index is 0.997. The quantitative estimate of drug-likeness (QED) is 0.225. The highest BCUT2D eigenvalue weighted by molar-refractivity contribution is 5.86. The molecule has 6 atom stereocenters. The van der Waals surface area contributed by atoms with E-state index in [1.54, 1.807) is 0 Å². The summed E-state index contributed by atoms with van der Waals surface area (Å²) < 4.78 is 0. The lowest BCUT2D eigenvalue weighted by Crippen LogP contribution is -2.24. The number of piperidine rings is 1. The number of nitrogens with zero attached hydrogens (tertiary/aromatic N) is 3. The van der Waals surface area contributed by atoms with E-state index in [1.807, 2.05) is 12.4 Å². The highest BCUT2D eigenvalue weighted by Crippen LogP contribution is 2.45. The van der Waals surface area contributed by atoms with Gasteiger partial charge in [0.2, 0.25) is 0 Å². The average molecular weight is 516 g/mol. The fourth-order valence-corrected chi connectivity index (χ4v) is 6.45. The molecule has 3 fully saturated rings. The zero-order valence-corrected chi connectivity index (χ0v) is 22.3. The summed E-state index contributed by atoms with van der Waals surface area (Å²) in [6.07, 6.45) is 7.50. The Morgan fingerprint density at radius 2 is 1.41 bits per heavy atom. The second-order valence-corrected chi connectivity index (χ2v) is 11.8. The fraction of sp³-hybridized carbons (Fsp3) is 0.344. The molecule has 4 N–H and O–H groups in total. The molecule has 5 heterocycles. The number of rotatable bonds is 5. The first-order valence-electron chi connectivity index (χ1n) is 14.2. The Hall–Kier alpha value is -3.81. The molecule has 2 aliphatic heterocycles. The average Bonchev–Trinajstić information content (AvgIpc) is 3.48. The minimum atomic E-state index is 0.305. The van der Waals surface area contributed by atoms with Crippen molar-refractivity contribution in [1.82, 2.24) is 35.6 Å². The van der Waals surface area contributed by atoms with E-state index in [0.29, 0.717) is 30.1 Å². The van der Waals surface area contributed by atoms with Crippen LogP contribution < -0.4 is 10.6 Å². The van der Waals surface area contributed by atoms with Crippen LogP contribution >= 0.6 is 0 Å². The van der Waals surface area contributed by atoms with E-state index in [-0.39, 0.29) is 0 Å². The van der Waals surface area contributed by atoms with Gasteiger partial charge in [-0.25, -0.2) is 15.0 Å². The highest BCUT2D eigenvalue weighted by atomic mass is 15.1. The van der Waals surface area contributed by atoms with Crippen molar-refractivity contribution in [3.63, 3.8) is 0 Å². The van der Waals surface area contributed by atoms with Crippen molar-refractivity contribution in [3.05, 3.63) is 78.6 Å². The molecule has 39 heavy (non-hydrogen) atoms. The number of aromatic nitrogens is 5. The Morgan fingerprint density at radius 3 is 2.15 bits per heavy atom. The lowest BCUT2D eigenvalue weighted by atomic mass is 10.0. The summed E-state index contributed by atoms with van der Waals surface area (Å²) in [4.78, 5) is 21.3. The normalized spacial score (nSPS) is 27.7. The van der Waals surface area contributed by atoms with E-state index in [4.69, 9.17) is 4.98 Å². The number of benzene rings is 2. The molecule has 3 aromatic heterocycles. The Labute approximate surface area is 227 Å². The number of hydrogen-bond donors (Lipinski definition) is 4. The summed E-state index contributed by atoms with van der Waals surface area (Å²) in [7, 11) is 0. The minimum Gasteiger partial charge on any atom is -0.341 e. The Morgan fingerprint density at radius 1 is 0.692 bits per heavy atom. The molecule has 0 amide bonds. The van der Waals surface area contributed by atoms with Crippen molar-refractivity contribution in [3.8, 4) is 33.8 Å². The van der Waals surface area contributed by atoms with Gasteiger partial charge in [0, 0.05) is 17.5 Å². The van der Waals surface area contributed by atoms with Gasteiger partial charge in [-0.3, -0.25) is 0 Å². The molecule has 1 unspecified atom stereocenters. The van der Waals surface area contributed by atoms with Crippen LogP contribution in [0.3, 0.4) is 0 Å². The van der Waals surface area contributed by atoms with Crippen LogP contribution in [0, 0.1) is 11.8 Å². The van der Waals surface area contributed by atoms with E-state index in [9.17, 15) is 0 Å². The molecule has 0 bridgehead atoms. The summed E-state index contributed by atoms with van der Waals surface area (Å²) >= 11 is 0. The van der Waals surface area contributed by atoms with Gasteiger partial charge in [0.1, 0.15) is 11.6 Å². The molecule has 7 nitrogen and oxygen atoms in total. The molecule has 0 radical (unpaired) electrons. The molecule has 8 rings (SSSR count). The number of fused-ring (bicyclic) bond motifs is 2. The molecular weight excluding hydrogens is 482 g/mol. The van der Waals surface area contributed by atoms with E-state index in [0.717, 1.165) is 57.5 Å². The smallest absolute Gasteiger partial charge is 0.123 e. The van der Waals surface area contributed by atoms with Crippen LogP contribution in [0.5, 0.6) is 0 Å². The monoisotopic (exact) mass is 515 g/mol. The number of aromatic amines is 2. The van der Waals surface area contributed by atoms with Crippen LogP contribution in [-0.2, 0) is 0 Å². The first-order chi connectivity index (χ1) is 19.1. The molecule has 7 heteroatoms. The standard InChI is InChI=1S/C32H33N7/c1-17-11-27(35-18(17)2)31-33-15-29(38-31)20-5-3-19(4-6-20)21-7-9-24-22(12-21)8-10-25(36-24)30-16-34-32(39-30)28-14-23-13-26(23)37-28/h3-10,12,15-18,23,26-28,35,37H,11,13-14H2,1-2H3,(H,33,38)(H,34,39)/t17-,18-,23?,26-,27+,28+/m1/s1. The fourth-order valence-electron chi connectivity index (χ4n) is 6.45. The first-order valence-corrected chi connectivity index (χ1v) is 14.2. The van der Waals surface area contributed by atoms with Crippen molar-refractivity contribution in [1.29, 1.82) is 0 Å². The maximum atomic E-state index is 4.93. The van der Waals surface area contributed by atoms with Crippen LogP contribution in [0.2, 0.25) is 0 Å². The Bertz CT molecular complexity index is 1650. The summed E-state index contributed by atoms with van der Waals surface area (Å²) in [6.45, 7) is 4.55. The van der Waals surface area contributed by atoms with Crippen LogP contribution in [0.25, 0.3) is 44.7 Å². The molecule has 196 valence electrons. The van der Waals surface area contributed by atoms with Crippen molar-refractivity contribution >= 4 is 10.9 Å². The number of nitrogens with one attached hydrogen (secondary N) is 4. The molecule has 3 aliphatic rings. The lowest BCUT2D eigenvalue weighted by Gasteiger charge is -2.09. The Kier molecular flexibility index (Phi) is 5.25. The number of imidazole rings is 2. The minimum absolute atomic E-state index is 0.305. The predicted octanol–water partition coefficient (Wildman–Crippen LogP) is 6.16. The second kappa shape index (κ2) is 8.86. The van der Waals surface area contributed by atoms with Gasteiger partial charge >= 0.3 is 0 Å². The predicted molar refractivity (Wildman–Crippen MR) is 154 cm³/mol. The maximum absolute atomic E-state index is 4.93. The van der Waals surface area contributed by atoms with Crippen molar-refractivity contribution in [2.45, 2.75) is 57.3 Å². The number of pyridine rings is 1. The third-order valence-electron chi connectivity index (χ3n) is 9.15. The van der Waals surface area contributed by atoms with Crippen LogP contribution in [0.4, 0.5) is 0 Å². The van der Waals surface area contributed by atoms with E-state index in [2.05, 4.69) is 99.0 Å². The molecule has 5 aromatic rings. The first kappa shape index (κ1) is 23.1. The van der Waals surface area contributed by atoms with Crippen molar-refractivity contribution in [2.75, 3.05) is 0 Å². The second-order valence-electron chi connectivity index (χ2n) is 11.8. The SMILES string of the molecule is C[C@@H]1C[C@@H](c2ncc(-c3ccc(-c4ccc5nc(-c6cnc([C@@H]7CC8C[C@H]8N7)[nH]6)ccc5c4)cc3)[nH]2)N[C@@H]1C. The topological polar surface area (TPSA) is 94.3 Å². The summed E-state index contributed by atoms with van der Waals surface area (Å²) in [5.74, 6) is 3.57. The summed E-state index contributed by atoms with van der Waals surface area (Å²) in [5, 5.41) is 8.45. The van der Waals surface area contributed by atoms with Gasteiger partial charge in [-0.2, -0.15) is 0 Å². The third-order valence-corrected chi connectivity index (χ3v) is 9.15. The van der Waals surface area contributed by atoms with Gasteiger partial charge in [-0.05, 0) is 72.9 Å². The van der Waals surface area contributed by atoms with Gasteiger partial charge in [0.25, 0.3) is 0 Å². The van der Waals surface area contributed by atoms with Gasteiger partial charge in [-0.1, -0.05) is 43.3 Å². The molecule has 1 aliphatic carbocycles. The molecule has 2 saturated heterocycles. The third kappa shape index (κ3) is 4.17. The van der Waals surface area contributed by atoms with Crippen molar-refractivity contribution < 1.29 is 0 Å². The zero-order valence-electron chi connectivity index (χ0n) is 22.3.